The highest BCUT2D eigenvalue weighted by molar-refractivity contribution is 6.05. The van der Waals surface area contributed by atoms with E-state index in [1.54, 1.807) is 17.1 Å². The summed E-state index contributed by atoms with van der Waals surface area (Å²) in [6.45, 7) is 0.469. The molecule has 2 aliphatic rings. The minimum atomic E-state index is -0.732. The van der Waals surface area contributed by atoms with Gasteiger partial charge in [-0.05, 0) is 29.8 Å². The molecule has 0 radical (unpaired) electrons. The number of hydroxylamine groups is 2. The van der Waals surface area contributed by atoms with Crippen molar-refractivity contribution in [1.29, 1.82) is 0 Å². The van der Waals surface area contributed by atoms with Gasteiger partial charge in [-0.3, -0.25) is 9.63 Å². The highest BCUT2D eigenvalue weighted by Crippen LogP contribution is 2.39. The van der Waals surface area contributed by atoms with Gasteiger partial charge in [0.05, 0.1) is 26.3 Å². The molecule has 8 heteroatoms. The Morgan fingerprint density at radius 1 is 1.06 bits per heavy atom. The van der Waals surface area contributed by atoms with Gasteiger partial charge in [0.1, 0.15) is 5.75 Å². The Hall–Kier alpha value is -2.94. The number of ether oxygens (including phenoxy) is 3. The number of methoxy groups -OCH3 is 3. The van der Waals surface area contributed by atoms with Crippen molar-refractivity contribution in [2.45, 2.75) is 37.3 Å². The minimum Gasteiger partial charge on any atom is -0.497 e. The zero-order chi connectivity index (χ0) is 22.0. The first-order chi connectivity index (χ1) is 15.1. The average Bonchev–Trinajstić information content (AvgIpc) is 3.21. The van der Waals surface area contributed by atoms with Gasteiger partial charge in [-0.1, -0.05) is 30.3 Å². The van der Waals surface area contributed by atoms with E-state index < -0.39 is 18.2 Å². The van der Waals surface area contributed by atoms with E-state index in [0.29, 0.717) is 18.7 Å². The number of nitrogens with zero attached hydrogens (tertiary/aromatic N) is 2. The first-order valence-corrected chi connectivity index (χ1v) is 10.1. The molecular weight excluding hydrogens is 400 g/mol. The van der Waals surface area contributed by atoms with E-state index in [1.807, 2.05) is 54.6 Å². The summed E-state index contributed by atoms with van der Waals surface area (Å²) in [6, 6.07) is 16.6. The van der Waals surface area contributed by atoms with Crippen molar-refractivity contribution in [2.75, 3.05) is 26.2 Å². The molecule has 0 saturated carbocycles. The highest BCUT2D eigenvalue weighted by atomic mass is 16.7. The van der Waals surface area contributed by atoms with Crippen molar-refractivity contribution < 1.29 is 28.6 Å². The van der Waals surface area contributed by atoms with E-state index in [2.05, 4.69) is 0 Å². The quantitative estimate of drug-likeness (QED) is 0.496. The van der Waals surface area contributed by atoms with Crippen LogP contribution < -0.4 is 9.64 Å². The molecule has 31 heavy (non-hydrogen) atoms. The Kier molecular flexibility index (Phi) is 6.22. The molecule has 8 nitrogen and oxygen atoms in total. The molecule has 4 rings (SSSR count). The molecule has 2 aromatic rings. The maximum atomic E-state index is 12.9. The van der Waals surface area contributed by atoms with Crippen LogP contribution >= 0.6 is 0 Å². The first-order valence-electron chi connectivity index (χ1n) is 10.1. The van der Waals surface area contributed by atoms with Crippen molar-refractivity contribution in [3.05, 3.63) is 60.2 Å². The lowest BCUT2D eigenvalue weighted by Gasteiger charge is -2.50. The van der Waals surface area contributed by atoms with Crippen LogP contribution in [0, 0.1) is 0 Å². The molecule has 0 N–H and O–H groups in total. The standard InChI is InChI=1S/C23H26N2O6/c1-28-17-11-9-16(10-12-17)25-20(21(29-2)22(25)26)18-13-19(23(27)30-3)31-24(18)14-15-7-5-4-6-8-15/h4-12,18-21H,13-14H2,1-3H3/t18-,19-,20+,21-/m1/s1. The van der Waals surface area contributed by atoms with Gasteiger partial charge < -0.3 is 19.1 Å². The van der Waals surface area contributed by atoms with E-state index in [9.17, 15) is 9.59 Å². The average molecular weight is 426 g/mol. The van der Waals surface area contributed by atoms with E-state index in [-0.39, 0.29) is 18.0 Å². The third-order valence-corrected chi connectivity index (χ3v) is 5.82. The molecular formula is C23H26N2O6. The number of benzene rings is 2. The first kappa shape index (κ1) is 21.3. The van der Waals surface area contributed by atoms with Crippen molar-refractivity contribution in [3.8, 4) is 5.75 Å². The SMILES string of the molecule is COC(=O)[C@H]1C[C@H]([C@H]2[C@@H](OC)C(=O)N2c2ccc(OC)cc2)N(Cc2ccccc2)O1. The summed E-state index contributed by atoms with van der Waals surface area (Å²) in [5.41, 5.74) is 1.78. The van der Waals surface area contributed by atoms with Crippen LogP contribution in [0.2, 0.25) is 0 Å². The van der Waals surface area contributed by atoms with E-state index >= 15 is 0 Å². The molecule has 0 unspecified atom stereocenters. The Bertz CT molecular complexity index is 919. The van der Waals surface area contributed by atoms with Crippen LogP contribution in [0.15, 0.2) is 54.6 Å². The van der Waals surface area contributed by atoms with E-state index in [1.165, 1.54) is 14.2 Å². The normalized spacial score (nSPS) is 25.9. The number of esters is 1. The predicted molar refractivity (Wildman–Crippen MR) is 112 cm³/mol. The summed E-state index contributed by atoms with van der Waals surface area (Å²) in [4.78, 5) is 32.8. The van der Waals surface area contributed by atoms with Gasteiger partial charge in [-0.25, -0.2) is 4.79 Å². The molecule has 2 heterocycles. The van der Waals surface area contributed by atoms with Crippen LogP contribution in [-0.4, -0.2) is 62.6 Å². The Morgan fingerprint density at radius 3 is 2.39 bits per heavy atom. The second-order valence-electron chi connectivity index (χ2n) is 7.53. The van der Waals surface area contributed by atoms with Gasteiger partial charge in [0.2, 0.25) is 0 Å². The second-order valence-corrected chi connectivity index (χ2v) is 7.53. The van der Waals surface area contributed by atoms with E-state index in [4.69, 9.17) is 19.0 Å². The van der Waals surface area contributed by atoms with Crippen molar-refractivity contribution in [3.63, 3.8) is 0 Å². The number of carbonyl (C=O) groups excluding carboxylic acids is 2. The molecule has 4 atom stereocenters. The molecule has 1 amide bonds. The fourth-order valence-corrected chi connectivity index (χ4v) is 4.26. The number of rotatable bonds is 7. The van der Waals surface area contributed by atoms with Gasteiger partial charge in [-0.2, -0.15) is 5.06 Å². The zero-order valence-electron chi connectivity index (χ0n) is 17.8. The largest absolute Gasteiger partial charge is 0.497 e. The number of hydrogen-bond acceptors (Lipinski definition) is 7. The summed E-state index contributed by atoms with van der Waals surface area (Å²) >= 11 is 0. The van der Waals surface area contributed by atoms with Crippen LogP contribution in [0.3, 0.4) is 0 Å². The third-order valence-electron chi connectivity index (χ3n) is 5.82. The van der Waals surface area contributed by atoms with E-state index in [0.717, 1.165) is 11.3 Å². The second kappa shape index (κ2) is 9.05. The summed E-state index contributed by atoms with van der Waals surface area (Å²) < 4.78 is 15.7. The number of anilines is 1. The van der Waals surface area contributed by atoms with Crippen LogP contribution in [-0.2, 0) is 30.4 Å². The highest BCUT2D eigenvalue weighted by Gasteiger charge is 2.57. The molecule has 0 aromatic heterocycles. The number of carbonyl (C=O) groups is 2. The molecule has 2 fully saturated rings. The lowest BCUT2D eigenvalue weighted by Crippen LogP contribution is -2.71. The lowest BCUT2D eigenvalue weighted by atomic mass is 9.87. The zero-order valence-corrected chi connectivity index (χ0v) is 17.8. The predicted octanol–water partition coefficient (Wildman–Crippen LogP) is 2.17. The van der Waals surface area contributed by atoms with Gasteiger partial charge in [-0.15, -0.1) is 0 Å². The maximum Gasteiger partial charge on any atom is 0.337 e. The van der Waals surface area contributed by atoms with Crippen LogP contribution in [0.4, 0.5) is 5.69 Å². The fraction of sp³-hybridized carbons (Fsp3) is 0.391. The molecule has 2 aromatic carbocycles. The summed E-state index contributed by atoms with van der Waals surface area (Å²) in [6.07, 6.45) is -0.959. The van der Waals surface area contributed by atoms with Gasteiger partial charge >= 0.3 is 5.97 Å². The number of β-lactam (4-membered cyclic amide) rings is 1. The minimum absolute atomic E-state index is 0.126. The van der Waals surface area contributed by atoms with Gasteiger partial charge in [0, 0.05) is 25.8 Å². The molecule has 0 aliphatic carbocycles. The topological polar surface area (TPSA) is 77.5 Å². The lowest BCUT2D eigenvalue weighted by molar-refractivity contribution is -0.197. The van der Waals surface area contributed by atoms with Crippen molar-refractivity contribution >= 4 is 17.6 Å². The molecule has 0 spiro atoms. The Balaban J connectivity index is 1.63. The van der Waals surface area contributed by atoms with Crippen molar-refractivity contribution in [2.24, 2.45) is 0 Å². The Morgan fingerprint density at radius 2 is 1.77 bits per heavy atom. The van der Waals surface area contributed by atoms with Gasteiger partial charge in [0.15, 0.2) is 12.2 Å². The molecule has 2 aliphatic heterocycles. The number of amides is 1. The van der Waals surface area contributed by atoms with Crippen LogP contribution in [0.25, 0.3) is 0 Å². The van der Waals surface area contributed by atoms with Crippen LogP contribution in [0.1, 0.15) is 12.0 Å². The van der Waals surface area contributed by atoms with Crippen LogP contribution in [0.5, 0.6) is 5.75 Å². The monoisotopic (exact) mass is 426 g/mol. The maximum absolute atomic E-state index is 12.9. The summed E-state index contributed by atoms with van der Waals surface area (Å²) in [5.74, 6) is 0.146. The van der Waals surface area contributed by atoms with Gasteiger partial charge in [0.25, 0.3) is 5.91 Å². The Labute approximate surface area is 181 Å². The molecule has 2 saturated heterocycles. The summed E-state index contributed by atoms with van der Waals surface area (Å²) in [7, 11) is 4.46. The van der Waals surface area contributed by atoms with Crippen molar-refractivity contribution in [1.82, 2.24) is 5.06 Å². The third kappa shape index (κ3) is 4.01. The smallest absolute Gasteiger partial charge is 0.337 e. The molecule has 0 bridgehead atoms. The molecule has 164 valence electrons. The summed E-state index contributed by atoms with van der Waals surface area (Å²) in [5, 5.41) is 1.77. The fourth-order valence-electron chi connectivity index (χ4n) is 4.26. The number of hydrogen-bond donors (Lipinski definition) is 0.